The molecule has 8 nitrogen and oxygen atoms in total. The molecule has 0 amide bonds. The molecule has 1 aliphatic heterocycles. The minimum Gasteiger partial charge on any atom is -0.271 e. The van der Waals surface area contributed by atoms with Crippen LogP contribution in [0, 0.1) is 19.7 Å². The van der Waals surface area contributed by atoms with Gasteiger partial charge in [-0.05, 0) is 26.0 Å². The van der Waals surface area contributed by atoms with Gasteiger partial charge >= 0.3 is 0 Å². The Labute approximate surface area is 154 Å². The van der Waals surface area contributed by atoms with Gasteiger partial charge in [-0.2, -0.15) is 9.40 Å². The number of fused-ring (bicyclic) bond motifs is 2. The molecule has 142 valence electrons. The molecule has 0 saturated heterocycles. The van der Waals surface area contributed by atoms with Crippen LogP contribution in [0.4, 0.5) is 4.39 Å². The van der Waals surface area contributed by atoms with Crippen LogP contribution < -0.4 is 5.56 Å². The van der Waals surface area contributed by atoms with Crippen LogP contribution >= 0.6 is 0 Å². The molecular weight excluding hydrogens is 373 g/mol. The van der Waals surface area contributed by atoms with Crippen molar-refractivity contribution in [1.82, 2.24) is 23.5 Å². The summed E-state index contributed by atoms with van der Waals surface area (Å²) in [6, 6.07) is 2.67. The molecule has 0 spiro atoms. The van der Waals surface area contributed by atoms with Gasteiger partial charge in [0, 0.05) is 32.8 Å². The molecule has 0 unspecified atom stereocenters. The van der Waals surface area contributed by atoms with E-state index in [0.29, 0.717) is 29.1 Å². The van der Waals surface area contributed by atoms with Crippen LogP contribution in [0.5, 0.6) is 0 Å². The molecule has 0 saturated carbocycles. The van der Waals surface area contributed by atoms with Crippen molar-refractivity contribution in [3.05, 3.63) is 57.1 Å². The Morgan fingerprint density at radius 2 is 1.96 bits per heavy atom. The normalized spacial score (nSPS) is 15.3. The van der Waals surface area contributed by atoms with Gasteiger partial charge in [0.1, 0.15) is 16.4 Å². The summed E-state index contributed by atoms with van der Waals surface area (Å²) in [5.41, 5.74) is 1.67. The number of pyridine rings is 1. The van der Waals surface area contributed by atoms with Gasteiger partial charge in [0.15, 0.2) is 0 Å². The number of hydrogen-bond acceptors (Lipinski definition) is 5. The Hall–Kier alpha value is -2.59. The molecule has 3 aromatic heterocycles. The lowest BCUT2D eigenvalue weighted by molar-refractivity contribution is 0.384. The van der Waals surface area contributed by atoms with Crippen LogP contribution in [0.2, 0.25) is 0 Å². The van der Waals surface area contributed by atoms with Crippen LogP contribution in [0.15, 0.2) is 28.0 Å². The highest BCUT2D eigenvalue weighted by Gasteiger charge is 2.34. The molecule has 0 aromatic carbocycles. The van der Waals surface area contributed by atoms with Crippen molar-refractivity contribution in [2.75, 3.05) is 6.54 Å². The van der Waals surface area contributed by atoms with Crippen LogP contribution in [-0.2, 0) is 30.0 Å². The predicted octanol–water partition coefficient (Wildman–Crippen LogP) is 0.931. The fourth-order valence-corrected chi connectivity index (χ4v) is 5.32. The molecule has 0 bridgehead atoms. The maximum Gasteiger partial charge on any atom is 0.262 e. The summed E-state index contributed by atoms with van der Waals surface area (Å²) in [5, 5.41) is 4.18. The van der Waals surface area contributed by atoms with E-state index < -0.39 is 21.4 Å². The number of aryl methyl sites for hydroxylation is 2. The van der Waals surface area contributed by atoms with Crippen molar-refractivity contribution in [3.8, 4) is 0 Å². The Bertz CT molecular complexity index is 1250. The summed E-state index contributed by atoms with van der Waals surface area (Å²) in [6.07, 6.45) is 1.38. The van der Waals surface area contributed by atoms with Crippen molar-refractivity contribution < 1.29 is 12.8 Å². The number of aromatic nitrogens is 4. The van der Waals surface area contributed by atoms with E-state index in [1.54, 1.807) is 20.9 Å². The van der Waals surface area contributed by atoms with Crippen molar-refractivity contribution in [1.29, 1.82) is 0 Å². The molecule has 0 fully saturated rings. The minimum atomic E-state index is -3.82. The van der Waals surface area contributed by atoms with E-state index in [-0.39, 0.29) is 23.5 Å². The summed E-state index contributed by atoms with van der Waals surface area (Å²) in [6.45, 7) is 3.45. The molecule has 10 heteroatoms. The summed E-state index contributed by atoms with van der Waals surface area (Å²) < 4.78 is 43.8. The smallest absolute Gasteiger partial charge is 0.262 e. The average Bonchev–Trinajstić information content (AvgIpc) is 2.88. The molecule has 0 atom stereocenters. The fourth-order valence-electron chi connectivity index (χ4n) is 3.51. The largest absolute Gasteiger partial charge is 0.271 e. The summed E-state index contributed by atoms with van der Waals surface area (Å²) in [4.78, 5) is 17.4. The second kappa shape index (κ2) is 5.96. The van der Waals surface area contributed by atoms with Crippen LogP contribution in [0.1, 0.15) is 22.6 Å². The quantitative estimate of drug-likeness (QED) is 0.648. The predicted molar refractivity (Wildman–Crippen MR) is 95.4 cm³/mol. The molecule has 0 radical (unpaired) electrons. The third kappa shape index (κ3) is 2.67. The van der Waals surface area contributed by atoms with Gasteiger partial charge < -0.3 is 0 Å². The number of halogens is 1. The monoisotopic (exact) mass is 391 g/mol. The van der Waals surface area contributed by atoms with E-state index in [2.05, 4.69) is 10.1 Å². The lowest BCUT2D eigenvalue weighted by Gasteiger charge is -2.27. The van der Waals surface area contributed by atoms with Crippen molar-refractivity contribution in [3.63, 3.8) is 0 Å². The van der Waals surface area contributed by atoms with Gasteiger partial charge in [-0.1, -0.05) is 0 Å². The van der Waals surface area contributed by atoms with E-state index in [0.717, 1.165) is 10.6 Å². The maximum absolute atomic E-state index is 13.5. The molecular formula is C17H18FN5O3S. The van der Waals surface area contributed by atoms with Gasteiger partial charge in [-0.25, -0.2) is 17.8 Å². The first kappa shape index (κ1) is 17.8. The Morgan fingerprint density at radius 1 is 1.22 bits per heavy atom. The Morgan fingerprint density at radius 3 is 2.63 bits per heavy atom. The first-order valence-electron chi connectivity index (χ1n) is 8.40. The number of nitrogens with zero attached hydrogens (tertiary/aromatic N) is 5. The standard InChI is InChI=1S/C17H18FN5O3S/c1-10-16(11(2)21(3)20-10)27(25,26)22-7-6-14-13(9-22)17(24)23-8-12(18)4-5-15(23)19-14/h4-5,8H,6-7,9H2,1-3H3. The zero-order chi connectivity index (χ0) is 19.5. The van der Waals surface area contributed by atoms with Gasteiger partial charge in [0.2, 0.25) is 10.0 Å². The fraction of sp³-hybridized carbons (Fsp3) is 0.353. The highest BCUT2D eigenvalue weighted by atomic mass is 32.2. The van der Waals surface area contributed by atoms with Crippen LogP contribution in [0.3, 0.4) is 0 Å². The van der Waals surface area contributed by atoms with E-state index in [9.17, 15) is 17.6 Å². The SMILES string of the molecule is Cc1nn(C)c(C)c1S(=O)(=O)N1CCc2nc3ccc(F)cn3c(=O)c2C1. The van der Waals surface area contributed by atoms with Crippen LogP contribution in [0.25, 0.3) is 5.65 Å². The molecule has 4 heterocycles. The first-order chi connectivity index (χ1) is 12.7. The van der Waals surface area contributed by atoms with Gasteiger partial charge in [-0.3, -0.25) is 13.9 Å². The molecule has 27 heavy (non-hydrogen) atoms. The molecule has 1 aliphatic rings. The highest BCUT2D eigenvalue weighted by Crippen LogP contribution is 2.27. The zero-order valence-corrected chi connectivity index (χ0v) is 15.9. The Kier molecular flexibility index (Phi) is 3.93. The first-order valence-corrected chi connectivity index (χ1v) is 9.84. The van der Waals surface area contributed by atoms with E-state index in [1.807, 2.05) is 0 Å². The number of rotatable bonds is 2. The lowest BCUT2D eigenvalue weighted by Crippen LogP contribution is -2.40. The van der Waals surface area contributed by atoms with Crippen molar-refractivity contribution >= 4 is 15.7 Å². The van der Waals surface area contributed by atoms with Gasteiger partial charge in [0.05, 0.1) is 22.6 Å². The number of sulfonamides is 1. The third-order valence-electron chi connectivity index (χ3n) is 4.94. The topological polar surface area (TPSA) is 89.6 Å². The maximum atomic E-state index is 13.5. The highest BCUT2D eigenvalue weighted by molar-refractivity contribution is 7.89. The van der Waals surface area contributed by atoms with E-state index in [4.69, 9.17) is 0 Å². The second-order valence-corrected chi connectivity index (χ2v) is 8.50. The zero-order valence-electron chi connectivity index (χ0n) is 15.1. The summed E-state index contributed by atoms with van der Waals surface area (Å²) >= 11 is 0. The van der Waals surface area contributed by atoms with Crippen molar-refractivity contribution in [2.24, 2.45) is 7.05 Å². The lowest BCUT2D eigenvalue weighted by atomic mass is 10.1. The molecule has 4 rings (SSSR count). The second-order valence-electron chi connectivity index (χ2n) is 6.63. The van der Waals surface area contributed by atoms with E-state index in [1.165, 1.54) is 21.1 Å². The number of hydrogen-bond donors (Lipinski definition) is 0. The summed E-state index contributed by atoms with van der Waals surface area (Å²) in [5.74, 6) is -0.562. The third-order valence-corrected chi connectivity index (χ3v) is 7.04. The minimum absolute atomic E-state index is 0.100. The van der Waals surface area contributed by atoms with Crippen molar-refractivity contribution in [2.45, 2.75) is 31.7 Å². The van der Waals surface area contributed by atoms with Crippen LogP contribution in [-0.4, -0.2) is 38.4 Å². The van der Waals surface area contributed by atoms with Gasteiger partial charge in [-0.15, -0.1) is 0 Å². The van der Waals surface area contributed by atoms with E-state index >= 15 is 0 Å². The molecule has 0 N–H and O–H groups in total. The van der Waals surface area contributed by atoms with Gasteiger partial charge in [0.25, 0.3) is 5.56 Å². The molecule has 0 aliphatic carbocycles. The summed E-state index contributed by atoms with van der Waals surface area (Å²) in [7, 11) is -2.14. The average molecular weight is 391 g/mol. The molecule has 3 aromatic rings. The Balaban J connectivity index is 1.82.